The number of hydrogen-bond donors (Lipinski definition) is 2. The number of fused-ring (bicyclic) bond motifs is 1. The van der Waals surface area contributed by atoms with Gasteiger partial charge in [0.2, 0.25) is 5.91 Å². The van der Waals surface area contributed by atoms with Crippen molar-refractivity contribution in [2.75, 3.05) is 11.9 Å². The predicted molar refractivity (Wildman–Crippen MR) is 68.2 cm³/mol. The summed E-state index contributed by atoms with van der Waals surface area (Å²) in [6, 6.07) is 5.56. The van der Waals surface area contributed by atoms with Crippen LogP contribution in [0.15, 0.2) is 18.2 Å². The second-order valence-electron chi connectivity index (χ2n) is 5.09. The van der Waals surface area contributed by atoms with Crippen LogP contribution in [0.4, 0.5) is 5.69 Å². The highest BCUT2D eigenvalue weighted by atomic mass is 35.5. The van der Waals surface area contributed by atoms with Crippen LogP contribution in [0.2, 0.25) is 5.02 Å². The van der Waals surface area contributed by atoms with Crippen LogP contribution in [0, 0.1) is 5.92 Å². The summed E-state index contributed by atoms with van der Waals surface area (Å²) in [6.45, 7) is 2.84. The van der Waals surface area contributed by atoms with Gasteiger partial charge in [0.25, 0.3) is 0 Å². The highest BCUT2D eigenvalue weighted by molar-refractivity contribution is 6.31. The van der Waals surface area contributed by atoms with E-state index in [0.29, 0.717) is 5.02 Å². The molecule has 0 aromatic heterocycles. The maximum Gasteiger partial charge on any atom is 0.249 e. The summed E-state index contributed by atoms with van der Waals surface area (Å²) < 4.78 is 0. The summed E-state index contributed by atoms with van der Waals surface area (Å²) >= 11 is 5.93. The standard InChI is InChI=1S/C13H15ClN2O/c1-13(15-7-8-2-3-8)10-5-4-9(14)6-11(10)16-12(13)17/h4-6,8,15H,2-3,7H2,1H3,(H,16,17)/t13-/m0/s1. The number of rotatable bonds is 3. The summed E-state index contributed by atoms with van der Waals surface area (Å²) in [6.07, 6.45) is 2.55. The first-order valence-corrected chi connectivity index (χ1v) is 6.34. The van der Waals surface area contributed by atoms with Gasteiger partial charge in [-0.15, -0.1) is 0 Å². The van der Waals surface area contributed by atoms with Crippen molar-refractivity contribution < 1.29 is 4.79 Å². The number of carbonyl (C=O) groups excluding carboxylic acids is 1. The smallest absolute Gasteiger partial charge is 0.249 e. The Morgan fingerprint density at radius 1 is 1.53 bits per heavy atom. The lowest BCUT2D eigenvalue weighted by atomic mass is 9.93. The molecule has 90 valence electrons. The number of amides is 1. The van der Waals surface area contributed by atoms with Crippen LogP contribution in [-0.4, -0.2) is 12.5 Å². The zero-order valence-electron chi connectivity index (χ0n) is 9.72. The molecule has 1 fully saturated rings. The Morgan fingerprint density at radius 3 is 3.00 bits per heavy atom. The van der Waals surface area contributed by atoms with Gasteiger partial charge in [0.05, 0.1) is 0 Å². The van der Waals surface area contributed by atoms with Gasteiger partial charge >= 0.3 is 0 Å². The second-order valence-corrected chi connectivity index (χ2v) is 5.53. The molecule has 1 aromatic carbocycles. The van der Waals surface area contributed by atoms with Crippen molar-refractivity contribution in [3.05, 3.63) is 28.8 Å². The quantitative estimate of drug-likeness (QED) is 0.866. The molecule has 17 heavy (non-hydrogen) atoms. The van der Waals surface area contributed by atoms with Crippen molar-refractivity contribution in [2.24, 2.45) is 5.92 Å². The van der Waals surface area contributed by atoms with Crippen LogP contribution in [0.1, 0.15) is 25.3 Å². The van der Waals surface area contributed by atoms with Crippen LogP contribution < -0.4 is 10.6 Å². The number of carbonyl (C=O) groups is 1. The third kappa shape index (κ3) is 1.83. The van der Waals surface area contributed by atoms with Gasteiger partial charge in [-0.3, -0.25) is 10.1 Å². The fourth-order valence-corrected chi connectivity index (χ4v) is 2.44. The Labute approximate surface area is 106 Å². The zero-order valence-corrected chi connectivity index (χ0v) is 10.5. The number of anilines is 1. The molecule has 1 atom stereocenters. The van der Waals surface area contributed by atoms with Crippen LogP contribution in [-0.2, 0) is 10.3 Å². The molecule has 2 aliphatic rings. The van der Waals surface area contributed by atoms with Crippen molar-refractivity contribution in [3.63, 3.8) is 0 Å². The Hall–Kier alpha value is -1.06. The van der Waals surface area contributed by atoms with E-state index in [-0.39, 0.29) is 5.91 Å². The molecule has 0 unspecified atom stereocenters. The molecule has 2 N–H and O–H groups in total. The fraction of sp³-hybridized carbons (Fsp3) is 0.462. The van der Waals surface area contributed by atoms with Gasteiger partial charge in [-0.05, 0) is 44.4 Å². The third-order valence-electron chi connectivity index (χ3n) is 3.66. The molecule has 0 spiro atoms. The molecule has 4 heteroatoms. The normalized spacial score (nSPS) is 26.8. The van der Waals surface area contributed by atoms with Gasteiger partial charge in [0, 0.05) is 16.3 Å². The van der Waals surface area contributed by atoms with Crippen molar-refractivity contribution in [1.82, 2.24) is 5.32 Å². The first-order chi connectivity index (χ1) is 8.09. The van der Waals surface area contributed by atoms with Crippen LogP contribution in [0.5, 0.6) is 0 Å². The summed E-state index contributed by atoms with van der Waals surface area (Å²) in [7, 11) is 0. The molecule has 3 rings (SSSR count). The highest BCUT2D eigenvalue weighted by Crippen LogP contribution is 2.38. The van der Waals surface area contributed by atoms with Crippen molar-refractivity contribution >= 4 is 23.2 Å². The molecule has 1 aliphatic heterocycles. The van der Waals surface area contributed by atoms with E-state index in [9.17, 15) is 4.79 Å². The van der Waals surface area contributed by atoms with Crippen molar-refractivity contribution in [2.45, 2.75) is 25.3 Å². The topological polar surface area (TPSA) is 41.1 Å². The molecule has 1 aromatic rings. The highest BCUT2D eigenvalue weighted by Gasteiger charge is 2.43. The first-order valence-electron chi connectivity index (χ1n) is 5.96. The molecule has 1 aliphatic carbocycles. The Balaban J connectivity index is 1.91. The van der Waals surface area contributed by atoms with E-state index in [1.807, 2.05) is 19.1 Å². The second kappa shape index (κ2) is 3.72. The molecule has 1 heterocycles. The van der Waals surface area contributed by atoms with Gasteiger partial charge in [-0.1, -0.05) is 17.7 Å². The van der Waals surface area contributed by atoms with Gasteiger partial charge in [-0.25, -0.2) is 0 Å². The molecular formula is C13H15ClN2O. The lowest BCUT2D eigenvalue weighted by molar-refractivity contribution is -0.121. The summed E-state index contributed by atoms with van der Waals surface area (Å²) in [5.74, 6) is 0.756. The molecule has 1 amide bonds. The number of halogens is 1. The molecule has 1 saturated carbocycles. The maximum absolute atomic E-state index is 12.1. The Kier molecular flexibility index (Phi) is 2.42. The van der Waals surface area contributed by atoms with E-state index in [1.54, 1.807) is 6.07 Å². The predicted octanol–water partition coefficient (Wildman–Crippen LogP) is 2.51. The van der Waals surface area contributed by atoms with E-state index in [4.69, 9.17) is 11.6 Å². The largest absolute Gasteiger partial charge is 0.324 e. The van der Waals surface area contributed by atoms with E-state index >= 15 is 0 Å². The fourth-order valence-electron chi connectivity index (χ4n) is 2.27. The average Bonchev–Trinajstić information content (AvgIpc) is 3.06. The molecule has 0 bridgehead atoms. The van der Waals surface area contributed by atoms with Crippen LogP contribution in [0.25, 0.3) is 0 Å². The van der Waals surface area contributed by atoms with E-state index in [0.717, 1.165) is 23.7 Å². The van der Waals surface area contributed by atoms with Gasteiger partial charge < -0.3 is 5.32 Å². The molecular weight excluding hydrogens is 236 g/mol. The lowest BCUT2D eigenvalue weighted by Crippen LogP contribution is -2.46. The summed E-state index contributed by atoms with van der Waals surface area (Å²) in [5, 5.41) is 6.93. The van der Waals surface area contributed by atoms with E-state index in [1.165, 1.54) is 12.8 Å². The SMILES string of the molecule is C[C@@]1(NCC2CC2)C(=O)Nc2cc(Cl)ccc21. The number of benzene rings is 1. The lowest BCUT2D eigenvalue weighted by Gasteiger charge is -2.24. The van der Waals surface area contributed by atoms with Crippen molar-refractivity contribution in [1.29, 1.82) is 0 Å². The molecule has 0 radical (unpaired) electrons. The van der Waals surface area contributed by atoms with Crippen molar-refractivity contribution in [3.8, 4) is 0 Å². The molecule has 3 nitrogen and oxygen atoms in total. The van der Waals surface area contributed by atoms with E-state index < -0.39 is 5.54 Å². The monoisotopic (exact) mass is 250 g/mol. The van der Waals surface area contributed by atoms with Crippen LogP contribution in [0.3, 0.4) is 0 Å². The minimum atomic E-state index is -0.609. The average molecular weight is 251 g/mol. The summed E-state index contributed by atoms with van der Waals surface area (Å²) in [4.78, 5) is 12.1. The van der Waals surface area contributed by atoms with Gasteiger partial charge in [0.1, 0.15) is 5.54 Å². The number of nitrogens with one attached hydrogen (secondary N) is 2. The first kappa shape index (κ1) is 11.1. The maximum atomic E-state index is 12.1. The third-order valence-corrected chi connectivity index (χ3v) is 3.90. The Bertz CT molecular complexity index is 484. The minimum absolute atomic E-state index is 0.00965. The minimum Gasteiger partial charge on any atom is -0.324 e. The van der Waals surface area contributed by atoms with Gasteiger partial charge in [-0.2, -0.15) is 0 Å². The van der Waals surface area contributed by atoms with E-state index in [2.05, 4.69) is 10.6 Å². The molecule has 0 saturated heterocycles. The zero-order chi connectivity index (χ0) is 12.0. The van der Waals surface area contributed by atoms with Gasteiger partial charge in [0.15, 0.2) is 0 Å². The Morgan fingerprint density at radius 2 is 2.29 bits per heavy atom. The number of hydrogen-bond acceptors (Lipinski definition) is 2. The summed E-state index contributed by atoms with van der Waals surface area (Å²) in [5.41, 5.74) is 1.21. The van der Waals surface area contributed by atoms with Crippen LogP contribution >= 0.6 is 11.6 Å².